The average Bonchev–Trinajstić information content (AvgIpc) is 3.83. The van der Waals surface area contributed by atoms with E-state index in [1.165, 1.54) is 5.19 Å². The van der Waals surface area contributed by atoms with Crippen molar-refractivity contribution in [1.29, 1.82) is 0 Å². The second kappa shape index (κ2) is 13.9. The Labute approximate surface area is 299 Å². The Morgan fingerprint density at radius 2 is 1.73 bits per heavy atom. The molecule has 262 valence electrons. The molecule has 1 aromatic heterocycles. The van der Waals surface area contributed by atoms with E-state index in [0.29, 0.717) is 30.0 Å². The summed E-state index contributed by atoms with van der Waals surface area (Å²) in [4.78, 5) is 28.3. The number of aliphatic hydroxyl groups excluding tert-OH is 1. The number of ether oxygens (including phenoxy) is 2. The van der Waals surface area contributed by atoms with E-state index in [2.05, 4.69) is 47.8 Å². The first-order chi connectivity index (χ1) is 24.7. The molecule has 51 heavy (non-hydrogen) atoms. The summed E-state index contributed by atoms with van der Waals surface area (Å²) in [5, 5.41) is 23.5. The molecular formula is C40H43N5O5Si. The molecule has 0 saturated carbocycles. The highest BCUT2D eigenvalue weighted by atomic mass is 28.3. The third-order valence-electron chi connectivity index (χ3n) is 10.9. The number of aryl methyl sites for hydroxylation is 1. The van der Waals surface area contributed by atoms with Gasteiger partial charge >= 0.3 is 0 Å². The lowest BCUT2D eigenvalue weighted by molar-refractivity contribution is -0.143. The zero-order valence-corrected chi connectivity index (χ0v) is 30.3. The third kappa shape index (κ3) is 6.05. The van der Waals surface area contributed by atoms with Crippen LogP contribution in [0, 0.1) is 5.92 Å². The van der Waals surface area contributed by atoms with Crippen molar-refractivity contribution in [2.45, 2.75) is 56.1 Å². The summed E-state index contributed by atoms with van der Waals surface area (Å²) < 4.78 is 14.4. The standard InChI is InChI=1S/C40H43N5O5Si/c1-27-38(51(3,4)32-18-16-31(49-2)17-19-32)37(21-22-44-24-36(42-43-44)33(25-46)28-11-7-5-8-12-28)50-40(27)34-23-30(15-20-35(34)41-39(40)48)45(26-47)29-13-9-6-10-14-29/h5-20,23-24,26-27,33,37-38,46H,21-22,25H2,1-4H3,(H,41,48)/t27-,33?,37+,38-,40+/m1/s1. The van der Waals surface area contributed by atoms with E-state index in [0.717, 1.165) is 29.0 Å². The lowest BCUT2D eigenvalue weighted by atomic mass is 9.82. The Hall–Kier alpha value is -5.10. The van der Waals surface area contributed by atoms with Gasteiger partial charge in [-0.3, -0.25) is 19.2 Å². The summed E-state index contributed by atoms with van der Waals surface area (Å²) in [5.74, 6) is 0.117. The molecule has 11 heteroatoms. The van der Waals surface area contributed by atoms with Crippen LogP contribution in [-0.4, -0.2) is 60.3 Å². The van der Waals surface area contributed by atoms with Crippen molar-refractivity contribution >= 4 is 42.6 Å². The molecule has 1 saturated heterocycles. The van der Waals surface area contributed by atoms with Crippen LogP contribution in [0.1, 0.15) is 36.1 Å². The number of aromatic nitrogens is 3. The number of hydrogen-bond acceptors (Lipinski definition) is 7. The molecule has 1 fully saturated rings. The number of nitrogens with zero attached hydrogens (tertiary/aromatic N) is 4. The number of carbonyl (C=O) groups is 2. The van der Waals surface area contributed by atoms with Crippen LogP contribution in [-0.2, 0) is 26.5 Å². The van der Waals surface area contributed by atoms with Crippen molar-refractivity contribution in [2.24, 2.45) is 5.92 Å². The van der Waals surface area contributed by atoms with Gasteiger partial charge in [-0.05, 0) is 60.0 Å². The van der Waals surface area contributed by atoms with E-state index >= 15 is 0 Å². The first-order valence-corrected chi connectivity index (χ1v) is 20.4. The Balaban J connectivity index is 1.25. The number of benzene rings is 4. The molecule has 10 nitrogen and oxygen atoms in total. The number of anilines is 3. The summed E-state index contributed by atoms with van der Waals surface area (Å²) in [6.07, 6.45) is 2.98. The smallest absolute Gasteiger partial charge is 0.261 e. The molecule has 0 radical (unpaired) electrons. The van der Waals surface area contributed by atoms with Crippen molar-refractivity contribution < 1.29 is 24.2 Å². The zero-order valence-electron chi connectivity index (χ0n) is 29.3. The number of rotatable bonds is 12. The summed E-state index contributed by atoms with van der Waals surface area (Å²) in [6, 6.07) is 33.2. The molecule has 7 rings (SSSR count). The molecule has 0 bridgehead atoms. The number of hydrogen-bond donors (Lipinski definition) is 2. The molecule has 2 amide bonds. The van der Waals surface area contributed by atoms with Gasteiger partial charge in [-0.2, -0.15) is 0 Å². The molecule has 3 heterocycles. The van der Waals surface area contributed by atoms with Crippen molar-refractivity contribution in [2.75, 3.05) is 23.9 Å². The van der Waals surface area contributed by atoms with Gasteiger partial charge in [-0.1, -0.05) is 91.1 Å². The SMILES string of the molecule is COc1ccc([Si](C)(C)[C@H]2[C@H](CCn3cc(C(CO)c4ccccc4)nn3)O[C@@]3(C(=O)Nc4ccc(N(C=O)c5ccccc5)cc43)[C@@H]2C)cc1. The molecule has 2 aliphatic heterocycles. The number of fused-ring (bicyclic) bond motifs is 2. The molecule has 2 aliphatic rings. The molecule has 1 spiro atoms. The second-order valence-electron chi connectivity index (χ2n) is 14.0. The predicted molar refractivity (Wildman–Crippen MR) is 199 cm³/mol. The van der Waals surface area contributed by atoms with Crippen LogP contribution in [0.3, 0.4) is 0 Å². The number of para-hydroxylation sites is 1. The minimum atomic E-state index is -2.35. The molecule has 2 N–H and O–H groups in total. The fourth-order valence-electron chi connectivity index (χ4n) is 8.30. The Kier molecular flexibility index (Phi) is 9.36. The van der Waals surface area contributed by atoms with Crippen molar-refractivity contribution in [3.05, 3.63) is 126 Å². The largest absolute Gasteiger partial charge is 0.497 e. The zero-order chi connectivity index (χ0) is 35.8. The van der Waals surface area contributed by atoms with E-state index in [4.69, 9.17) is 9.47 Å². The van der Waals surface area contributed by atoms with Crippen LogP contribution in [0.15, 0.2) is 109 Å². The van der Waals surface area contributed by atoms with Crippen LogP contribution in [0.25, 0.3) is 0 Å². The Morgan fingerprint density at radius 1 is 1.02 bits per heavy atom. The number of nitrogens with one attached hydrogen (secondary N) is 1. The van der Waals surface area contributed by atoms with E-state index in [9.17, 15) is 14.7 Å². The molecule has 5 aromatic rings. The molecule has 0 aliphatic carbocycles. The summed E-state index contributed by atoms with van der Waals surface area (Å²) in [6.45, 7) is 7.26. The van der Waals surface area contributed by atoms with Crippen LogP contribution >= 0.6 is 0 Å². The maximum Gasteiger partial charge on any atom is 0.261 e. The Morgan fingerprint density at radius 3 is 2.39 bits per heavy atom. The summed E-state index contributed by atoms with van der Waals surface area (Å²) in [7, 11) is -0.691. The van der Waals surface area contributed by atoms with E-state index in [1.807, 2.05) is 102 Å². The third-order valence-corrected chi connectivity index (χ3v) is 15.3. The van der Waals surface area contributed by atoms with Crippen molar-refractivity contribution in [3.63, 3.8) is 0 Å². The second-order valence-corrected chi connectivity index (χ2v) is 18.7. The number of carbonyl (C=O) groups excluding carboxylic acids is 2. The maximum absolute atomic E-state index is 14.3. The van der Waals surface area contributed by atoms with Crippen molar-refractivity contribution in [3.8, 4) is 5.75 Å². The monoisotopic (exact) mass is 701 g/mol. The topological polar surface area (TPSA) is 119 Å². The van der Waals surface area contributed by atoms with E-state index < -0.39 is 13.7 Å². The molecule has 4 aromatic carbocycles. The molecule has 5 atom stereocenters. The number of amides is 2. The normalized spacial score (nSPS) is 21.7. The van der Waals surface area contributed by atoms with Gasteiger partial charge in [0.25, 0.3) is 5.91 Å². The van der Waals surface area contributed by atoms with E-state index in [-0.39, 0.29) is 36.0 Å². The van der Waals surface area contributed by atoms with Gasteiger partial charge in [0.2, 0.25) is 6.41 Å². The van der Waals surface area contributed by atoms with Crippen LogP contribution < -0.4 is 20.1 Å². The lowest BCUT2D eigenvalue weighted by Gasteiger charge is -2.37. The number of aliphatic hydroxyl groups is 1. The summed E-state index contributed by atoms with van der Waals surface area (Å²) >= 11 is 0. The van der Waals surface area contributed by atoms with Crippen LogP contribution in [0.2, 0.25) is 18.6 Å². The highest BCUT2D eigenvalue weighted by Crippen LogP contribution is 2.59. The van der Waals surface area contributed by atoms with Crippen molar-refractivity contribution in [1.82, 2.24) is 15.0 Å². The van der Waals surface area contributed by atoms with Gasteiger partial charge in [0.1, 0.15) is 5.75 Å². The number of methoxy groups -OCH3 is 1. The van der Waals surface area contributed by atoms with Gasteiger partial charge in [0, 0.05) is 41.3 Å². The van der Waals surface area contributed by atoms with Crippen LogP contribution in [0.5, 0.6) is 5.75 Å². The summed E-state index contributed by atoms with van der Waals surface area (Å²) in [5.41, 5.74) is 3.25. The Bertz CT molecular complexity index is 2010. The maximum atomic E-state index is 14.3. The van der Waals surface area contributed by atoms with Gasteiger partial charge in [0.15, 0.2) is 5.60 Å². The molecule has 1 unspecified atom stereocenters. The first-order valence-electron chi connectivity index (χ1n) is 17.3. The first kappa shape index (κ1) is 34.4. The fourth-order valence-corrected chi connectivity index (χ4v) is 12.4. The highest BCUT2D eigenvalue weighted by molar-refractivity contribution is 6.91. The van der Waals surface area contributed by atoms with Gasteiger partial charge in [-0.15, -0.1) is 5.10 Å². The van der Waals surface area contributed by atoms with Gasteiger partial charge in [-0.25, -0.2) is 0 Å². The lowest BCUT2D eigenvalue weighted by Crippen LogP contribution is -2.51. The highest BCUT2D eigenvalue weighted by Gasteiger charge is 2.64. The van der Waals surface area contributed by atoms with Gasteiger partial charge < -0.3 is 19.9 Å². The predicted octanol–water partition coefficient (Wildman–Crippen LogP) is 5.96. The van der Waals surface area contributed by atoms with Crippen LogP contribution in [0.4, 0.5) is 17.1 Å². The average molecular weight is 702 g/mol. The molecular weight excluding hydrogens is 659 g/mol. The minimum absolute atomic E-state index is 0.0278. The quantitative estimate of drug-likeness (QED) is 0.122. The minimum Gasteiger partial charge on any atom is -0.497 e. The van der Waals surface area contributed by atoms with Gasteiger partial charge in [0.05, 0.1) is 39.5 Å². The fraction of sp³-hybridized carbons (Fsp3) is 0.300. The van der Waals surface area contributed by atoms with E-state index in [1.54, 1.807) is 12.0 Å².